The molecule has 1 amide bonds. The number of thiophene rings is 1. The van der Waals surface area contributed by atoms with E-state index >= 15 is 0 Å². The van der Waals surface area contributed by atoms with Gasteiger partial charge in [0.2, 0.25) is 5.91 Å². The summed E-state index contributed by atoms with van der Waals surface area (Å²) >= 11 is 3.33. The predicted molar refractivity (Wildman–Crippen MR) is 113 cm³/mol. The Kier molecular flexibility index (Phi) is 6.02. The predicted octanol–water partition coefficient (Wildman–Crippen LogP) is 4.59. The van der Waals surface area contributed by atoms with E-state index in [1.165, 1.54) is 17.0 Å². The summed E-state index contributed by atoms with van der Waals surface area (Å²) in [7, 11) is 0. The second-order valence-corrected chi connectivity index (χ2v) is 8.77. The van der Waals surface area contributed by atoms with E-state index in [0.717, 1.165) is 48.7 Å². The lowest BCUT2D eigenvalue weighted by Crippen LogP contribution is -2.41. The summed E-state index contributed by atoms with van der Waals surface area (Å²) in [6, 6.07) is 10.6. The molecule has 146 valence electrons. The molecule has 1 fully saturated rings. The van der Waals surface area contributed by atoms with Gasteiger partial charge in [-0.1, -0.05) is 6.07 Å². The molecule has 0 bridgehead atoms. The number of amides is 1. The summed E-state index contributed by atoms with van der Waals surface area (Å²) in [5, 5.41) is 8.12. The molecule has 28 heavy (non-hydrogen) atoms. The fourth-order valence-electron chi connectivity index (χ4n) is 3.40. The van der Waals surface area contributed by atoms with Crippen LogP contribution in [0.15, 0.2) is 47.2 Å². The quantitative estimate of drug-likeness (QED) is 0.641. The molecule has 4 nitrogen and oxygen atoms in total. The van der Waals surface area contributed by atoms with Crippen molar-refractivity contribution in [2.75, 3.05) is 24.5 Å². The molecule has 1 aliphatic rings. The standard InChI is InChI=1S/C21H22FN3OS2/c22-17-5-3-15(4-6-17)19-14-28-21(24-19)25-11-8-16(9-12-25)20(26)23-10-7-18-2-1-13-27-18/h1-6,13-14,16H,7-12H2,(H,23,26). The Morgan fingerprint density at radius 2 is 1.96 bits per heavy atom. The van der Waals surface area contributed by atoms with Gasteiger partial charge in [0.05, 0.1) is 5.69 Å². The zero-order chi connectivity index (χ0) is 19.3. The number of rotatable bonds is 6. The van der Waals surface area contributed by atoms with Crippen molar-refractivity contribution in [1.29, 1.82) is 0 Å². The number of carbonyl (C=O) groups excluding carboxylic acids is 1. The number of anilines is 1. The largest absolute Gasteiger partial charge is 0.355 e. The van der Waals surface area contributed by atoms with Crippen LogP contribution in [-0.4, -0.2) is 30.5 Å². The van der Waals surface area contributed by atoms with Gasteiger partial charge in [0.15, 0.2) is 5.13 Å². The van der Waals surface area contributed by atoms with Crippen LogP contribution in [0.2, 0.25) is 0 Å². The average molecular weight is 416 g/mol. The van der Waals surface area contributed by atoms with E-state index in [2.05, 4.69) is 21.7 Å². The lowest BCUT2D eigenvalue weighted by atomic mass is 9.96. The maximum Gasteiger partial charge on any atom is 0.223 e. The summed E-state index contributed by atoms with van der Waals surface area (Å²) in [5.74, 6) is 0.00778. The number of nitrogens with one attached hydrogen (secondary N) is 1. The SMILES string of the molecule is O=C(NCCc1cccs1)C1CCN(c2nc(-c3ccc(F)cc3)cs2)CC1. The van der Waals surface area contributed by atoms with Gasteiger partial charge in [-0.15, -0.1) is 22.7 Å². The molecule has 0 unspecified atom stereocenters. The van der Waals surface area contributed by atoms with Gasteiger partial charge in [-0.05, 0) is 55.0 Å². The van der Waals surface area contributed by atoms with Gasteiger partial charge in [-0.3, -0.25) is 4.79 Å². The van der Waals surface area contributed by atoms with Gasteiger partial charge in [-0.2, -0.15) is 0 Å². The molecule has 0 atom stereocenters. The smallest absolute Gasteiger partial charge is 0.223 e. The van der Waals surface area contributed by atoms with Gasteiger partial charge >= 0.3 is 0 Å². The van der Waals surface area contributed by atoms with E-state index in [1.54, 1.807) is 34.8 Å². The van der Waals surface area contributed by atoms with Crippen molar-refractivity contribution < 1.29 is 9.18 Å². The number of piperidine rings is 1. The highest BCUT2D eigenvalue weighted by Crippen LogP contribution is 2.30. The third-order valence-electron chi connectivity index (χ3n) is 5.02. The molecule has 1 aliphatic heterocycles. The Hall–Kier alpha value is -2.25. The second kappa shape index (κ2) is 8.84. The minimum Gasteiger partial charge on any atom is -0.355 e. The highest BCUT2D eigenvalue weighted by atomic mass is 32.1. The lowest BCUT2D eigenvalue weighted by Gasteiger charge is -2.31. The molecular weight excluding hydrogens is 393 g/mol. The third kappa shape index (κ3) is 4.59. The number of hydrogen-bond donors (Lipinski definition) is 1. The number of nitrogens with zero attached hydrogens (tertiary/aromatic N) is 2. The Labute approximate surface area is 172 Å². The van der Waals surface area contributed by atoms with Gasteiger partial charge < -0.3 is 10.2 Å². The first-order chi connectivity index (χ1) is 13.7. The van der Waals surface area contributed by atoms with Gasteiger partial charge in [0.1, 0.15) is 5.82 Å². The summed E-state index contributed by atoms with van der Waals surface area (Å²) < 4.78 is 13.1. The maximum absolute atomic E-state index is 13.1. The van der Waals surface area contributed by atoms with Crippen LogP contribution < -0.4 is 10.2 Å². The molecule has 0 spiro atoms. The summed E-state index contributed by atoms with van der Waals surface area (Å²) in [6.07, 6.45) is 2.58. The van der Waals surface area contributed by atoms with Gasteiger partial charge in [0.25, 0.3) is 0 Å². The fraction of sp³-hybridized carbons (Fsp3) is 0.333. The maximum atomic E-state index is 13.1. The molecule has 3 aromatic rings. The lowest BCUT2D eigenvalue weighted by molar-refractivity contribution is -0.125. The van der Waals surface area contributed by atoms with E-state index < -0.39 is 0 Å². The number of thiazole rings is 1. The Morgan fingerprint density at radius 3 is 2.68 bits per heavy atom. The van der Waals surface area contributed by atoms with Gasteiger partial charge in [-0.25, -0.2) is 9.37 Å². The van der Waals surface area contributed by atoms with Crippen LogP contribution in [-0.2, 0) is 11.2 Å². The zero-order valence-corrected chi connectivity index (χ0v) is 17.1. The Morgan fingerprint density at radius 1 is 1.18 bits per heavy atom. The molecule has 1 saturated heterocycles. The number of carbonyl (C=O) groups is 1. The third-order valence-corrected chi connectivity index (χ3v) is 6.86. The van der Waals surface area contributed by atoms with Crippen molar-refractivity contribution in [2.45, 2.75) is 19.3 Å². The van der Waals surface area contributed by atoms with Crippen LogP contribution in [0.25, 0.3) is 11.3 Å². The normalized spacial score (nSPS) is 15.0. The second-order valence-electron chi connectivity index (χ2n) is 6.90. The van der Waals surface area contributed by atoms with Crippen molar-refractivity contribution >= 4 is 33.7 Å². The number of benzene rings is 1. The number of aromatic nitrogens is 1. The number of halogens is 1. The van der Waals surface area contributed by atoms with Crippen LogP contribution in [0.1, 0.15) is 17.7 Å². The number of hydrogen-bond acceptors (Lipinski definition) is 5. The topological polar surface area (TPSA) is 45.2 Å². The van der Waals surface area contributed by atoms with Crippen molar-refractivity contribution in [2.24, 2.45) is 5.92 Å². The van der Waals surface area contributed by atoms with Crippen LogP contribution in [0, 0.1) is 11.7 Å². The first-order valence-electron chi connectivity index (χ1n) is 9.45. The fourth-order valence-corrected chi connectivity index (χ4v) is 5.00. The Bertz CT molecular complexity index is 900. The molecule has 0 radical (unpaired) electrons. The van der Waals surface area contributed by atoms with Crippen molar-refractivity contribution in [3.05, 3.63) is 57.9 Å². The molecule has 4 rings (SSSR count). The summed E-state index contributed by atoms with van der Waals surface area (Å²) in [4.78, 5) is 20.7. The Balaban J connectivity index is 1.27. The van der Waals surface area contributed by atoms with Crippen LogP contribution in [0.4, 0.5) is 9.52 Å². The molecular formula is C21H22FN3OS2. The van der Waals surface area contributed by atoms with Crippen molar-refractivity contribution in [1.82, 2.24) is 10.3 Å². The van der Waals surface area contributed by atoms with E-state index in [1.807, 2.05) is 11.4 Å². The summed E-state index contributed by atoms with van der Waals surface area (Å²) in [6.45, 7) is 2.37. The minimum atomic E-state index is -0.241. The zero-order valence-electron chi connectivity index (χ0n) is 15.4. The van der Waals surface area contributed by atoms with Crippen LogP contribution in [0.3, 0.4) is 0 Å². The van der Waals surface area contributed by atoms with E-state index in [9.17, 15) is 9.18 Å². The van der Waals surface area contributed by atoms with E-state index in [-0.39, 0.29) is 17.6 Å². The molecule has 0 aliphatic carbocycles. The molecule has 0 saturated carbocycles. The highest BCUT2D eigenvalue weighted by molar-refractivity contribution is 7.14. The average Bonchev–Trinajstić information content (AvgIpc) is 3.41. The van der Waals surface area contributed by atoms with Crippen LogP contribution in [0.5, 0.6) is 0 Å². The van der Waals surface area contributed by atoms with Crippen molar-refractivity contribution in [3.63, 3.8) is 0 Å². The summed E-state index contributed by atoms with van der Waals surface area (Å²) in [5.41, 5.74) is 1.79. The van der Waals surface area contributed by atoms with Crippen molar-refractivity contribution in [3.8, 4) is 11.3 Å². The van der Waals surface area contributed by atoms with Crippen LogP contribution >= 0.6 is 22.7 Å². The first-order valence-corrected chi connectivity index (χ1v) is 11.2. The highest BCUT2D eigenvalue weighted by Gasteiger charge is 2.26. The van der Waals surface area contributed by atoms with E-state index in [4.69, 9.17) is 4.98 Å². The molecule has 2 aromatic heterocycles. The van der Waals surface area contributed by atoms with E-state index in [0.29, 0.717) is 6.54 Å². The molecule has 3 heterocycles. The minimum absolute atomic E-state index is 0.0797. The van der Waals surface area contributed by atoms with Gasteiger partial charge in [0, 0.05) is 41.4 Å². The molecule has 1 N–H and O–H groups in total. The molecule has 7 heteroatoms. The first kappa shape index (κ1) is 19.1. The monoisotopic (exact) mass is 415 g/mol. The molecule has 1 aromatic carbocycles.